The minimum absolute atomic E-state index is 0.0597. The highest BCUT2D eigenvalue weighted by molar-refractivity contribution is 8.14. The van der Waals surface area contributed by atoms with E-state index in [0.717, 1.165) is 11.8 Å². The number of nitro groups is 1. The van der Waals surface area contributed by atoms with E-state index in [1.165, 1.54) is 24.3 Å². The molecule has 0 fully saturated rings. The maximum Gasteiger partial charge on any atom is 0.313 e. The Hall–Kier alpha value is -3.20. The number of non-ortho nitro benzene ring substituents is 1. The van der Waals surface area contributed by atoms with Crippen molar-refractivity contribution in [3.8, 4) is 16.9 Å². The number of carbonyl (C=O) groups is 1. The molecule has 3 rings (SSSR count). The van der Waals surface area contributed by atoms with Gasteiger partial charge < -0.3 is 10.2 Å². The van der Waals surface area contributed by atoms with E-state index in [4.69, 9.17) is 5.11 Å². The molecule has 2 N–H and O–H groups in total. The van der Waals surface area contributed by atoms with E-state index < -0.39 is 10.9 Å². The van der Waals surface area contributed by atoms with Crippen LogP contribution in [0, 0.1) is 10.1 Å². The first kappa shape index (κ1) is 17.6. The van der Waals surface area contributed by atoms with Crippen LogP contribution >= 0.6 is 11.8 Å². The van der Waals surface area contributed by atoms with Crippen molar-refractivity contribution in [1.82, 2.24) is 0 Å². The SMILES string of the molecule is O=C(O)CSC1=NN=C(c2cc(-c3cccc(O)c3)cc([N+](=O)[O-])c2)C1. The second-order valence-corrected chi connectivity index (χ2v) is 6.52. The molecule has 9 heteroatoms. The first-order valence-electron chi connectivity index (χ1n) is 7.49. The molecular formula is C17H13N3O5S. The van der Waals surface area contributed by atoms with Crippen molar-refractivity contribution in [1.29, 1.82) is 0 Å². The number of aliphatic carboxylic acids is 1. The van der Waals surface area contributed by atoms with Gasteiger partial charge in [-0.2, -0.15) is 5.10 Å². The summed E-state index contributed by atoms with van der Waals surface area (Å²) in [4.78, 5) is 21.4. The molecule has 132 valence electrons. The molecule has 0 aliphatic carbocycles. The van der Waals surface area contributed by atoms with Gasteiger partial charge in [-0.05, 0) is 29.3 Å². The van der Waals surface area contributed by atoms with E-state index in [2.05, 4.69) is 10.2 Å². The number of thioether (sulfide) groups is 1. The van der Waals surface area contributed by atoms with Gasteiger partial charge in [-0.1, -0.05) is 23.9 Å². The highest BCUT2D eigenvalue weighted by Crippen LogP contribution is 2.30. The van der Waals surface area contributed by atoms with Crippen LogP contribution in [0.15, 0.2) is 52.7 Å². The second-order valence-electron chi connectivity index (χ2n) is 5.48. The van der Waals surface area contributed by atoms with Gasteiger partial charge in [0.2, 0.25) is 0 Å². The standard InChI is InChI=1S/C17H13N3O5S/c21-14-3-1-2-10(7-14)11-4-12(6-13(5-11)20(24)25)15-8-16(19-18-15)26-9-17(22)23/h1-7,21H,8-9H2,(H,22,23). The fraction of sp³-hybridized carbons (Fsp3) is 0.118. The number of hydrogen-bond acceptors (Lipinski definition) is 7. The number of aromatic hydroxyl groups is 1. The van der Waals surface area contributed by atoms with Crippen LogP contribution in [0.2, 0.25) is 0 Å². The Bertz CT molecular complexity index is 955. The summed E-state index contributed by atoms with van der Waals surface area (Å²) >= 11 is 1.07. The third-order valence-corrected chi connectivity index (χ3v) is 4.55. The number of rotatable bonds is 5. The highest BCUT2D eigenvalue weighted by Gasteiger charge is 2.20. The molecule has 2 aromatic carbocycles. The Kier molecular flexibility index (Phi) is 4.99. The number of phenols is 1. The maximum atomic E-state index is 11.3. The summed E-state index contributed by atoms with van der Waals surface area (Å²) in [7, 11) is 0. The number of hydrogen-bond donors (Lipinski definition) is 2. The zero-order valence-electron chi connectivity index (χ0n) is 13.3. The van der Waals surface area contributed by atoms with Crippen molar-refractivity contribution >= 4 is 34.2 Å². The van der Waals surface area contributed by atoms with Crippen molar-refractivity contribution in [3.63, 3.8) is 0 Å². The lowest BCUT2D eigenvalue weighted by atomic mass is 9.99. The van der Waals surface area contributed by atoms with Gasteiger partial charge >= 0.3 is 5.97 Å². The largest absolute Gasteiger partial charge is 0.508 e. The average molecular weight is 371 g/mol. The van der Waals surface area contributed by atoms with Gasteiger partial charge in [0.25, 0.3) is 5.69 Å². The second kappa shape index (κ2) is 7.36. The molecule has 2 aromatic rings. The topological polar surface area (TPSA) is 125 Å². The van der Waals surface area contributed by atoms with Crippen molar-refractivity contribution < 1.29 is 19.9 Å². The zero-order chi connectivity index (χ0) is 18.7. The predicted octanol–water partition coefficient (Wildman–Crippen LogP) is 3.29. The van der Waals surface area contributed by atoms with Crippen LogP contribution in [-0.2, 0) is 4.79 Å². The quantitative estimate of drug-likeness (QED) is 0.613. The van der Waals surface area contributed by atoms with Crippen molar-refractivity contribution in [2.45, 2.75) is 6.42 Å². The average Bonchev–Trinajstić information content (AvgIpc) is 3.08. The third-order valence-electron chi connectivity index (χ3n) is 3.60. The molecule has 1 aliphatic heterocycles. The first-order valence-corrected chi connectivity index (χ1v) is 8.48. The van der Waals surface area contributed by atoms with Crippen LogP contribution in [-0.4, -0.2) is 37.6 Å². The molecule has 0 radical (unpaired) electrons. The Morgan fingerprint density at radius 3 is 2.62 bits per heavy atom. The smallest absolute Gasteiger partial charge is 0.313 e. The molecule has 0 saturated heterocycles. The van der Waals surface area contributed by atoms with E-state index in [1.807, 2.05) is 0 Å². The summed E-state index contributed by atoms with van der Waals surface area (Å²) in [5.74, 6) is -1.01. The van der Waals surface area contributed by atoms with E-state index in [0.29, 0.717) is 33.9 Å². The Morgan fingerprint density at radius 1 is 1.15 bits per heavy atom. The van der Waals surface area contributed by atoms with E-state index in [9.17, 15) is 20.0 Å². The summed E-state index contributed by atoms with van der Waals surface area (Å²) in [6.07, 6.45) is 0.318. The van der Waals surface area contributed by atoms with Crippen LogP contribution in [0.5, 0.6) is 5.75 Å². The highest BCUT2D eigenvalue weighted by atomic mass is 32.2. The van der Waals surface area contributed by atoms with Gasteiger partial charge in [-0.15, -0.1) is 5.10 Å². The van der Waals surface area contributed by atoms with Gasteiger partial charge in [0.15, 0.2) is 0 Å². The molecule has 0 bridgehead atoms. The van der Waals surface area contributed by atoms with Crippen molar-refractivity contribution in [2.75, 3.05) is 5.75 Å². The molecule has 0 atom stereocenters. The summed E-state index contributed by atoms with van der Waals surface area (Å²) in [5, 5.41) is 38.2. The van der Waals surface area contributed by atoms with E-state index >= 15 is 0 Å². The summed E-state index contributed by atoms with van der Waals surface area (Å²) in [6, 6.07) is 11.0. The lowest BCUT2D eigenvalue weighted by Gasteiger charge is -2.07. The molecule has 0 aromatic heterocycles. The molecule has 1 heterocycles. The number of phenolic OH excluding ortho intramolecular Hbond substituents is 1. The van der Waals surface area contributed by atoms with Gasteiger partial charge in [-0.25, -0.2) is 0 Å². The number of nitro benzene ring substituents is 1. The zero-order valence-corrected chi connectivity index (χ0v) is 14.1. The number of carboxylic acids is 1. The Labute approximate surface area is 152 Å². The summed E-state index contributed by atoms with van der Waals surface area (Å²) in [6.45, 7) is 0. The minimum atomic E-state index is -0.951. The molecule has 26 heavy (non-hydrogen) atoms. The Balaban J connectivity index is 1.91. The van der Waals surface area contributed by atoms with E-state index in [1.54, 1.807) is 18.2 Å². The first-order chi connectivity index (χ1) is 12.4. The fourth-order valence-corrected chi connectivity index (χ4v) is 3.08. The molecule has 1 aliphatic rings. The van der Waals surface area contributed by atoms with Gasteiger partial charge in [0, 0.05) is 24.1 Å². The monoisotopic (exact) mass is 371 g/mol. The molecule has 0 unspecified atom stereocenters. The lowest BCUT2D eigenvalue weighted by molar-refractivity contribution is -0.384. The number of nitrogens with zero attached hydrogens (tertiary/aromatic N) is 3. The summed E-state index contributed by atoms with van der Waals surface area (Å²) in [5.41, 5.74) is 2.17. The van der Waals surface area contributed by atoms with E-state index in [-0.39, 0.29) is 17.2 Å². The molecular weight excluding hydrogens is 358 g/mol. The van der Waals surface area contributed by atoms with Crippen LogP contribution in [0.4, 0.5) is 5.69 Å². The van der Waals surface area contributed by atoms with Crippen LogP contribution in [0.25, 0.3) is 11.1 Å². The van der Waals surface area contributed by atoms with Gasteiger partial charge in [0.1, 0.15) is 10.8 Å². The lowest BCUT2D eigenvalue weighted by Crippen LogP contribution is -2.06. The third kappa shape index (κ3) is 4.06. The molecule has 0 saturated carbocycles. The van der Waals surface area contributed by atoms with Crippen molar-refractivity contribution in [3.05, 3.63) is 58.1 Å². The van der Waals surface area contributed by atoms with Crippen LogP contribution in [0.1, 0.15) is 12.0 Å². The molecule has 0 amide bonds. The van der Waals surface area contributed by atoms with Crippen molar-refractivity contribution in [2.24, 2.45) is 10.2 Å². The molecule has 0 spiro atoms. The number of benzene rings is 2. The normalized spacial score (nSPS) is 13.2. The summed E-state index contributed by atoms with van der Waals surface area (Å²) < 4.78 is 0. The fourth-order valence-electron chi connectivity index (χ4n) is 2.45. The van der Waals surface area contributed by atoms with Crippen LogP contribution < -0.4 is 0 Å². The maximum absolute atomic E-state index is 11.3. The number of carboxylic acid groups (broad SMARTS) is 1. The van der Waals surface area contributed by atoms with Crippen LogP contribution in [0.3, 0.4) is 0 Å². The predicted molar refractivity (Wildman–Crippen MR) is 98.9 cm³/mol. The Morgan fingerprint density at radius 2 is 1.92 bits per heavy atom. The minimum Gasteiger partial charge on any atom is -0.508 e. The van der Waals surface area contributed by atoms with Gasteiger partial charge in [-0.3, -0.25) is 14.9 Å². The molecule has 8 nitrogen and oxygen atoms in total. The van der Waals surface area contributed by atoms with Gasteiger partial charge in [0.05, 0.1) is 16.4 Å².